The first-order valence-electron chi connectivity index (χ1n) is 9.67. The van der Waals surface area contributed by atoms with E-state index in [1.165, 1.54) is 16.6 Å². The van der Waals surface area contributed by atoms with E-state index in [9.17, 15) is 21.6 Å². The van der Waals surface area contributed by atoms with Gasteiger partial charge in [-0.25, -0.2) is 12.7 Å². The average molecular weight is 435 g/mol. The lowest BCUT2D eigenvalue weighted by atomic mass is 9.98. The van der Waals surface area contributed by atoms with Gasteiger partial charge in [-0.15, -0.1) is 0 Å². The van der Waals surface area contributed by atoms with Crippen molar-refractivity contribution in [3.63, 3.8) is 0 Å². The number of nitrogens with one attached hydrogen (secondary N) is 2. The Balaban J connectivity index is 1.99. The van der Waals surface area contributed by atoms with Crippen LogP contribution in [0.5, 0.6) is 0 Å². The van der Waals surface area contributed by atoms with Crippen molar-refractivity contribution in [3.05, 3.63) is 35.4 Å². The van der Waals surface area contributed by atoms with Crippen LogP contribution < -0.4 is 10.6 Å². The van der Waals surface area contributed by atoms with E-state index < -0.39 is 21.8 Å². The van der Waals surface area contributed by atoms with E-state index in [4.69, 9.17) is 0 Å². The number of benzene rings is 1. The highest BCUT2D eigenvalue weighted by Crippen LogP contribution is 2.30. The maximum Gasteiger partial charge on any atom is 0.416 e. The second-order valence-corrected chi connectivity index (χ2v) is 9.30. The smallest absolute Gasteiger partial charge is 0.357 e. The molecule has 164 valence electrons. The molecule has 1 aromatic carbocycles. The summed E-state index contributed by atoms with van der Waals surface area (Å²) < 4.78 is 63.5. The summed E-state index contributed by atoms with van der Waals surface area (Å²) in [7, 11) is -3.16. The van der Waals surface area contributed by atoms with Crippen LogP contribution in [0.2, 0.25) is 0 Å². The number of hydrogen-bond acceptors (Lipinski definition) is 3. The Kier molecular flexibility index (Phi) is 7.93. The molecule has 29 heavy (non-hydrogen) atoms. The second kappa shape index (κ2) is 9.80. The standard InChI is InChI=1S/C19H29F3N4O2S/c1-4-23-18(24-13-15-8-10-26(11-9-15)29(3,27)28)25-14(2)16-6-5-7-17(12-16)19(20,21)22/h5-7,12,14-15H,4,8-11,13H2,1-3H3,(H2,23,24,25). The van der Waals surface area contributed by atoms with Crippen molar-refractivity contribution in [2.24, 2.45) is 10.9 Å². The van der Waals surface area contributed by atoms with E-state index in [-0.39, 0.29) is 12.0 Å². The fourth-order valence-corrected chi connectivity index (χ4v) is 4.11. The molecule has 1 aliphatic heterocycles. The van der Waals surface area contributed by atoms with Crippen molar-refractivity contribution in [2.75, 3.05) is 32.4 Å². The third-order valence-electron chi connectivity index (χ3n) is 4.96. The van der Waals surface area contributed by atoms with Gasteiger partial charge in [0.2, 0.25) is 10.0 Å². The predicted molar refractivity (Wildman–Crippen MR) is 108 cm³/mol. The molecule has 0 aliphatic carbocycles. The third-order valence-corrected chi connectivity index (χ3v) is 6.26. The highest BCUT2D eigenvalue weighted by Gasteiger charge is 2.30. The quantitative estimate of drug-likeness (QED) is 0.533. The summed E-state index contributed by atoms with van der Waals surface area (Å²) in [5, 5.41) is 6.26. The van der Waals surface area contributed by atoms with Crippen LogP contribution in [0.3, 0.4) is 0 Å². The summed E-state index contributed by atoms with van der Waals surface area (Å²) in [4.78, 5) is 4.57. The van der Waals surface area contributed by atoms with Gasteiger partial charge < -0.3 is 10.6 Å². The van der Waals surface area contributed by atoms with Crippen LogP contribution in [-0.4, -0.2) is 51.1 Å². The van der Waals surface area contributed by atoms with E-state index in [0.29, 0.717) is 37.7 Å². The molecule has 1 unspecified atom stereocenters. The zero-order valence-electron chi connectivity index (χ0n) is 17.0. The summed E-state index contributed by atoms with van der Waals surface area (Å²) in [5.74, 6) is 0.801. The molecule has 0 spiro atoms. The van der Waals surface area contributed by atoms with Crippen LogP contribution in [0, 0.1) is 5.92 Å². The Labute approximate surface area is 170 Å². The molecule has 2 rings (SSSR count). The molecular formula is C19H29F3N4O2S. The van der Waals surface area contributed by atoms with E-state index in [1.807, 2.05) is 6.92 Å². The minimum Gasteiger partial charge on any atom is -0.357 e. The molecule has 1 fully saturated rings. The van der Waals surface area contributed by atoms with Crippen LogP contribution >= 0.6 is 0 Å². The molecule has 0 aromatic heterocycles. The highest BCUT2D eigenvalue weighted by molar-refractivity contribution is 7.88. The Morgan fingerprint density at radius 2 is 1.97 bits per heavy atom. The highest BCUT2D eigenvalue weighted by atomic mass is 32.2. The van der Waals surface area contributed by atoms with Gasteiger partial charge in [-0.1, -0.05) is 12.1 Å². The van der Waals surface area contributed by atoms with E-state index >= 15 is 0 Å². The van der Waals surface area contributed by atoms with Crippen molar-refractivity contribution in [1.82, 2.24) is 14.9 Å². The number of hydrogen-bond donors (Lipinski definition) is 2. The summed E-state index contributed by atoms with van der Waals surface area (Å²) >= 11 is 0. The lowest BCUT2D eigenvalue weighted by molar-refractivity contribution is -0.137. The van der Waals surface area contributed by atoms with Gasteiger partial charge in [-0.05, 0) is 50.3 Å². The van der Waals surface area contributed by atoms with Crippen LogP contribution in [0.4, 0.5) is 13.2 Å². The van der Waals surface area contributed by atoms with Crippen molar-refractivity contribution < 1.29 is 21.6 Å². The zero-order valence-corrected chi connectivity index (χ0v) is 17.8. The van der Waals surface area contributed by atoms with Crippen molar-refractivity contribution in [1.29, 1.82) is 0 Å². The molecule has 10 heteroatoms. The number of nitrogens with zero attached hydrogens (tertiary/aromatic N) is 2. The monoisotopic (exact) mass is 434 g/mol. The lowest BCUT2D eigenvalue weighted by Gasteiger charge is -2.29. The van der Waals surface area contributed by atoms with Gasteiger partial charge in [-0.2, -0.15) is 13.2 Å². The summed E-state index contributed by atoms with van der Waals surface area (Å²) in [6, 6.07) is 4.88. The number of aliphatic imine (C=N–C) groups is 1. The van der Waals surface area contributed by atoms with Gasteiger partial charge in [0.15, 0.2) is 5.96 Å². The third kappa shape index (κ3) is 7.18. The number of alkyl halides is 3. The Hall–Kier alpha value is -1.81. The molecule has 1 atom stereocenters. The molecule has 1 aromatic rings. The van der Waals surface area contributed by atoms with Gasteiger partial charge in [0.1, 0.15) is 0 Å². The number of sulfonamides is 1. The maximum absolute atomic E-state index is 12.9. The van der Waals surface area contributed by atoms with Crippen molar-refractivity contribution in [3.8, 4) is 0 Å². The minimum absolute atomic E-state index is 0.271. The molecule has 2 N–H and O–H groups in total. The van der Waals surface area contributed by atoms with Crippen LogP contribution in [0.25, 0.3) is 0 Å². The van der Waals surface area contributed by atoms with Gasteiger partial charge >= 0.3 is 6.18 Å². The van der Waals surface area contributed by atoms with Gasteiger partial charge in [-0.3, -0.25) is 4.99 Å². The molecule has 0 amide bonds. The first-order valence-corrected chi connectivity index (χ1v) is 11.5. The Bertz CT molecular complexity index is 804. The number of piperidine rings is 1. The van der Waals surface area contributed by atoms with Crippen molar-refractivity contribution in [2.45, 2.75) is 38.9 Å². The number of guanidine groups is 1. The molecule has 0 radical (unpaired) electrons. The first-order chi connectivity index (χ1) is 13.5. The van der Waals surface area contributed by atoms with E-state index in [1.54, 1.807) is 13.0 Å². The Morgan fingerprint density at radius 3 is 2.52 bits per heavy atom. The van der Waals surface area contributed by atoms with E-state index in [0.717, 1.165) is 25.0 Å². The molecule has 1 aliphatic rings. The minimum atomic E-state index is -4.38. The molecule has 1 heterocycles. The molecule has 0 saturated carbocycles. The fourth-order valence-electron chi connectivity index (χ4n) is 3.24. The normalized spacial score (nSPS) is 18.5. The fraction of sp³-hybridized carbons (Fsp3) is 0.632. The second-order valence-electron chi connectivity index (χ2n) is 7.31. The topological polar surface area (TPSA) is 73.8 Å². The number of rotatable bonds is 6. The molecule has 6 nitrogen and oxygen atoms in total. The Morgan fingerprint density at radius 1 is 1.31 bits per heavy atom. The average Bonchev–Trinajstić information content (AvgIpc) is 2.65. The summed E-state index contributed by atoms with van der Waals surface area (Å²) in [6.07, 6.45) is -1.69. The van der Waals surface area contributed by atoms with Crippen LogP contribution in [0.15, 0.2) is 29.3 Å². The first kappa shape index (κ1) is 23.5. The largest absolute Gasteiger partial charge is 0.416 e. The molecule has 1 saturated heterocycles. The van der Waals surface area contributed by atoms with Crippen LogP contribution in [-0.2, 0) is 16.2 Å². The van der Waals surface area contributed by atoms with Crippen LogP contribution in [0.1, 0.15) is 43.9 Å². The zero-order chi connectivity index (χ0) is 21.7. The predicted octanol–water partition coefficient (Wildman–Crippen LogP) is 2.99. The molecule has 0 bridgehead atoms. The van der Waals surface area contributed by atoms with Gasteiger partial charge in [0, 0.05) is 26.2 Å². The lowest BCUT2D eigenvalue weighted by Crippen LogP contribution is -2.40. The SMILES string of the molecule is CCNC(=NCC1CCN(S(C)(=O)=O)CC1)NC(C)c1cccc(C(F)(F)F)c1. The van der Waals surface area contributed by atoms with Gasteiger partial charge in [0.05, 0.1) is 17.9 Å². The summed E-state index contributed by atoms with van der Waals surface area (Å²) in [5.41, 5.74) is -0.157. The summed E-state index contributed by atoms with van der Waals surface area (Å²) in [6.45, 7) is 5.83. The van der Waals surface area contributed by atoms with Gasteiger partial charge in [0.25, 0.3) is 0 Å². The molecular weight excluding hydrogens is 405 g/mol. The maximum atomic E-state index is 12.9. The number of halogens is 3. The van der Waals surface area contributed by atoms with E-state index in [2.05, 4.69) is 15.6 Å². The van der Waals surface area contributed by atoms with Crippen molar-refractivity contribution >= 4 is 16.0 Å².